The van der Waals surface area contributed by atoms with E-state index in [-0.39, 0.29) is 24.4 Å². The highest BCUT2D eigenvalue weighted by atomic mass is 35.5. The monoisotopic (exact) mass is 349 g/mol. The number of thioether (sulfide) groups is 1. The highest BCUT2D eigenvalue weighted by Gasteiger charge is 2.21. The summed E-state index contributed by atoms with van der Waals surface area (Å²) in [6.07, 6.45) is 6.59. The Morgan fingerprint density at radius 1 is 1.30 bits per heavy atom. The van der Waals surface area contributed by atoms with Crippen molar-refractivity contribution in [3.8, 4) is 0 Å². The van der Waals surface area contributed by atoms with E-state index >= 15 is 0 Å². The van der Waals surface area contributed by atoms with Gasteiger partial charge in [-0.2, -0.15) is 0 Å². The molecule has 4 nitrogen and oxygen atoms in total. The maximum absolute atomic E-state index is 12.2. The number of aromatic nitrogens is 1. The first-order chi connectivity index (χ1) is 10.7. The molecule has 1 aliphatic rings. The number of benzene rings is 1. The average molecular weight is 350 g/mol. The molecule has 0 saturated heterocycles. The number of anilines is 1. The number of nitrogens with two attached hydrogens (primary N) is 1. The minimum Gasteiger partial charge on any atom is -0.399 e. The lowest BCUT2D eigenvalue weighted by atomic mass is 9.87. The molecule has 1 unspecified atom stereocenters. The van der Waals surface area contributed by atoms with Crippen LogP contribution in [0.1, 0.15) is 30.0 Å². The smallest absolute Gasteiger partial charge is 0.230 e. The zero-order valence-electron chi connectivity index (χ0n) is 12.7. The molecule has 1 aromatic heterocycles. The minimum absolute atomic E-state index is 0. The lowest BCUT2D eigenvalue weighted by molar-refractivity contribution is -0.119. The van der Waals surface area contributed by atoms with Crippen molar-refractivity contribution in [2.24, 2.45) is 0 Å². The first-order valence-electron chi connectivity index (χ1n) is 7.43. The number of fused-ring (bicyclic) bond motifs is 1. The van der Waals surface area contributed by atoms with Crippen LogP contribution < -0.4 is 11.1 Å². The zero-order valence-corrected chi connectivity index (χ0v) is 14.3. The Hall–Kier alpha value is -1.72. The second kappa shape index (κ2) is 8.22. The first kappa shape index (κ1) is 17.6. The van der Waals surface area contributed by atoms with E-state index < -0.39 is 0 Å². The molecule has 1 atom stereocenters. The Morgan fingerprint density at radius 3 is 2.87 bits per heavy atom. The Morgan fingerprint density at radius 2 is 2.09 bits per heavy atom. The first-order valence-corrected chi connectivity index (χ1v) is 8.41. The molecule has 122 valence electrons. The van der Waals surface area contributed by atoms with E-state index in [0.717, 1.165) is 29.8 Å². The second-order valence-corrected chi connectivity index (χ2v) is 6.49. The normalized spacial score (nSPS) is 16.1. The summed E-state index contributed by atoms with van der Waals surface area (Å²) < 4.78 is 0. The molecular weight excluding hydrogens is 330 g/mol. The van der Waals surface area contributed by atoms with Crippen LogP contribution in [0.5, 0.6) is 0 Å². The molecule has 0 bridgehead atoms. The van der Waals surface area contributed by atoms with Gasteiger partial charge in [-0.3, -0.25) is 9.78 Å². The van der Waals surface area contributed by atoms with E-state index in [1.165, 1.54) is 22.9 Å². The van der Waals surface area contributed by atoms with Crippen LogP contribution in [0.15, 0.2) is 47.6 Å². The topological polar surface area (TPSA) is 68.0 Å². The van der Waals surface area contributed by atoms with E-state index in [9.17, 15) is 4.79 Å². The number of nitrogens with zero attached hydrogens (tertiary/aromatic N) is 1. The van der Waals surface area contributed by atoms with Crippen molar-refractivity contribution in [3.63, 3.8) is 0 Å². The Labute approximate surface area is 146 Å². The second-order valence-electron chi connectivity index (χ2n) is 5.44. The van der Waals surface area contributed by atoms with Gasteiger partial charge in [0.25, 0.3) is 0 Å². The van der Waals surface area contributed by atoms with Crippen LogP contribution in [0.25, 0.3) is 0 Å². The van der Waals surface area contributed by atoms with E-state index in [1.54, 1.807) is 12.4 Å². The molecular formula is C17H20ClN3OS. The molecule has 0 fully saturated rings. The number of pyridine rings is 1. The van der Waals surface area contributed by atoms with Gasteiger partial charge >= 0.3 is 0 Å². The van der Waals surface area contributed by atoms with Gasteiger partial charge in [0, 0.05) is 23.0 Å². The average Bonchev–Trinajstić information content (AvgIpc) is 2.54. The van der Waals surface area contributed by atoms with Crippen molar-refractivity contribution >= 4 is 35.8 Å². The number of carbonyl (C=O) groups is 1. The summed E-state index contributed by atoms with van der Waals surface area (Å²) >= 11 is 1.53. The molecule has 0 radical (unpaired) electrons. The molecule has 1 heterocycles. The molecule has 3 N–H and O–H groups in total. The maximum atomic E-state index is 12.2. The van der Waals surface area contributed by atoms with Crippen LogP contribution in [0.3, 0.4) is 0 Å². The number of halogens is 1. The summed E-state index contributed by atoms with van der Waals surface area (Å²) in [6, 6.07) is 9.92. The number of rotatable bonds is 4. The van der Waals surface area contributed by atoms with E-state index in [4.69, 9.17) is 5.73 Å². The van der Waals surface area contributed by atoms with Gasteiger partial charge in [0.2, 0.25) is 5.91 Å². The SMILES string of the molecule is Cl.Nc1ccc2c(c1)CCCC2NC(=O)CSc1ccncc1. The molecule has 1 aliphatic carbocycles. The largest absolute Gasteiger partial charge is 0.399 e. The number of aryl methyl sites for hydroxylation is 1. The molecule has 0 spiro atoms. The number of amides is 1. The van der Waals surface area contributed by atoms with E-state index in [1.807, 2.05) is 30.3 Å². The highest BCUT2D eigenvalue weighted by Crippen LogP contribution is 2.31. The predicted molar refractivity (Wildman–Crippen MR) is 96.9 cm³/mol. The summed E-state index contributed by atoms with van der Waals surface area (Å²) in [4.78, 5) is 17.2. The molecule has 1 aromatic carbocycles. The molecule has 2 aromatic rings. The Kier molecular flexibility index (Phi) is 6.30. The Balaban J connectivity index is 0.00000192. The summed E-state index contributed by atoms with van der Waals surface area (Å²) in [5.41, 5.74) is 9.11. The van der Waals surface area contributed by atoms with Crippen molar-refractivity contribution in [3.05, 3.63) is 53.9 Å². The molecule has 23 heavy (non-hydrogen) atoms. The van der Waals surface area contributed by atoms with E-state index in [2.05, 4.69) is 10.3 Å². The third-order valence-electron chi connectivity index (χ3n) is 3.84. The third-order valence-corrected chi connectivity index (χ3v) is 4.85. The number of nitrogen functional groups attached to an aromatic ring is 1. The summed E-state index contributed by atoms with van der Waals surface area (Å²) in [6.45, 7) is 0. The van der Waals surface area contributed by atoms with Crippen LogP contribution in [0.2, 0.25) is 0 Å². The minimum atomic E-state index is 0. The van der Waals surface area contributed by atoms with Gasteiger partial charge in [-0.1, -0.05) is 6.07 Å². The standard InChI is InChI=1S/C17H19N3OS.ClH/c18-13-4-5-15-12(10-13)2-1-3-16(15)20-17(21)11-22-14-6-8-19-9-7-14;/h4-10,16H,1-3,11,18H2,(H,20,21);1H. The van der Waals surface area contributed by atoms with Crippen LogP contribution >= 0.6 is 24.2 Å². The lowest BCUT2D eigenvalue weighted by Gasteiger charge is -2.26. The van der Waals surface area contributed by atoms with Gasteiger partial charge in [0.1, 0.15) is 0 Å². The number of carbonyl (C=O) groups excluding carboxylic acids is 1. The summed E-state index contributed by atoms with van der Waals surface area (Å²) in [5.74, 6) is 0.488. The van der Waals surface area contributed by atoms with Gasteiger partial charge in [0.05, 0.1) is 11.8 Å². The van der Waals surface area contributed by atoms with Gasteiger partial charge in [-0.25, -0.2) is 0 Å². The number of hydrogen-bond donors (Lipinski definition) is 2. The van der Waals surface area contributed by atoms with Gasteiger partial charge in [-0.15, -0.1) is 24.2 Å². The quantitative estimate of drug-likeness (QED) is 0.656. The van der Waals surface area contributed by atoms with Crippen LogP contribution in [0, 0.1) is 0 Å². The number of hydrogen-bond acceptors (Lipinski definition) is 4. The highest BCUT2D eigenvalue weighted by molar-refractivity contribution is 8.00. The van der Waals surface area contributed by atoms with Crippen molar-refractivity contribution in [2.75, 3.05) is 11.5 Å². The van der Waals surface area contributed by atoms with Gasteiger partial charge < -0.3 is 11.1 Å². The predicted octanol–water partition coefficient (Wildman–Crippen LogP) is 3.37. The van der Waals surface area contributed by atoms with Crippen LogP contribution in [-0.2, 0) is 11.2 Å². The molecule has 3 rings (SSSR count). The molecule has 0 aliphatic heterocycles. The lowest BCUT2D eigenvalue weighted by Crippen LogP contribution is -2.32. The Bertz CT molecular complexity index is 666. The fourth-order valence-electron chi connectivity index (χ4n) is 2.80. The fourth-order valence-corrected chi connectivity index (χ4v) is 3.50. The van der Waals surface area contributed by atoms with Crippen molar-refractivity contribution in [1.29, 1.82) is 0 Å². The molecule has 6 heteroatoms. The molecule has 0 saturated carbocycles. The van der Waals surface area contributed by atoms with Crippen molar-refractivity contribution in [1.82, 2.24) is 10.3 Å². The zero-order chi connectivity index (χ0) is 15.4. The van der Waals surface area contributed by atoms with E-state index in [0.29, 0.717) is 5.75 Å². The van der Waals surface area contributed by atoms with Crippen LogP contribution in [0.4, 0.5) is 5.69 Å². The summed E-state index contributed by atoms with van der Waals surface area (Å²) in [7, 11) is 0. The molecule has 1 amide bonds. The van der Waals surface area contributed by atoms with Crippen molar-refractivity contribution < 1.29 is 4.79 Å². The van der Waals surface area contributed by atoms with Crippen LogP contribution in [-0.4, -0.2) is 16.6 Å². The van der Waals surface area contributed by atoms with Gasteiger partial charge in [0.15, 0.2) is 0 Å². The number of nitrogens with one attached hydrogen (secondary N) is 1. The fraction of sp³-hybridized carbons (Fsp3) is 0.294. The third kappa shape index (κ3) is 4.62. The summed E-state index contributed by atoms with van der Waals surface area (Å²) in [5, 5.41) is 3.15. The van der Waals surface area contributed by atoms with Crippen molar-refractivity contribution in [2.45, 2.75) is 30.2 Å². The maximum Gasteiger partial charge on any atom is 0.230 e. The van der Waals surface area contributed by atoms with Gasteiger partial charge in [-0.05, 0) is 54.7 Å².